The molecule has 2 aromatic carbocycles. The normalized spacial score (nSPS) is 22.3. The van der Waals surface area contributed by atoms with Crippen LogP contribution in [0.1, 0.15) is 99.8 Å². The molecule has 6 rings (SSSR count). The number of aryl methyl sites for hydroxylation is 1. The molecule has 0 radical (unpaired) electrons. The summed E-state index contributed by atoms with van der Waals surface area (Å²) in [5, 5.41) is 0.820. The molecule has 3 fully saturated rings. The van der Waals surface area contributed by atoms with E-state index >= 15 is 0 Å². The summed E-state index contributed by atoms with van der Waals surface area (Å²) >= 11 is 6.33. The molecule has 7 heteroatoms. The minimum Gasteiger partial charge on any atom is -0.493 e. The maximum Gasteiger partial charge on any atom is 0.229 e. The molecule has 4 aliphatic rings. The van der Waals surface area contributed by atoms with Gasteiger partial charge in [-0.15, -0.1) is 0 Å². The number of piperidine rings is 1. The molecule has 2 amide bonds. The summed E-state index contributed by atoms with van der Waals surface area (Å²) < 4.78 is 11.8. The summed E-state index contributed by atoms with van der Waals surface area (Å²) in [7, 11) is 1.67. The number of rotatable bonds is 10. The van der Waals surface area contributed by atoms with Crippen LogP contribution in [0.2, 0.25) is 5.02 Å². The lowest BCUT2D eigenvalue weighted by molar-refractivity contribution is -0.153. The first-order chi connectivity index (χ1) is 20.4. The lowest BCUT2D eigenvalue weighted by Gasteiger charge is -2.37. The van der Waals surface area contributed by atoms with Crippen molar-refractivity contribution in [3.05, 3.63) is 58.1 Å². The van der Waals surface area contributed by atoms with Gasteiger partial charge in [-0.2, -0.15) is 0 Å². The third-order valence-electron chi connectivity index (χ3n) is 10.3. The summed E-state index contributed by atoms with van der Waals surface area (Å²) in [6.45, 7) is 2.49. The topological polar surface area (TPSA) is 59.1 Å². The summed E-state index contributed by atoms with van der Waals surface area (Å²) in [4.78, 5) is 29.8. The number of methoxy groups -OCH3 is 1. The van der Waals surface area contributed by atoms with E-state index in [9.17, 15) is 9.59 Å². The number of likely N-dealkylation sites (tertiary alicyclic amines) is 1. The number of hydrogen-bond donors (Lipinski definition) is 0. The predicted octanol–water partition coefficient (Wildman–Crippen LogP) is 7.51. The summed E-state index contributed by atoms with van der Waals surface area (Å²) in [5.74, 6) is 1.97. The van der Waals surface area contributed by atoms with Crippen molar-refractivity contribution in [2.24, 2.45) is 11.3 Å². The minimum absolute atomic E-state index is 0.0483. The molecule has 1 atom stereocenters. The van der Waals surface area contributed by atoms with Crippen LogP contribution in [0.15, 0.2) is 36.4 Å². The Balaban J connectivity index is 1.11. The van der Waals surface area contributed by atoms with Crippen LogP contribution in [-0.4, -0.2) is 48.4 Å². The highest BCUT2D eigenvalue weighted by Gasteiger charge is 2.44. The number of halogens is 1. The first-order valence-electron chi connectivity index (χ1n) is 16.1. The number of fused-ring (bicyclic) bond motifs is 1. The van der Waals surface area contributed by atoms with E-state index < -0.39 is 0 Å². The average molecular weight is 593 g/mol. The molecule has 0 unspecified atom stereocenters. The van der Waals surface area contributed by atoms with E-state index in [0.29, 0.717) is 30.4 Å². The number of benzene rings is 2. The van der Waals surface area contributed by atoms with Gasteiger partial charge in [0.15, 0.2) is 11.5 Å². The molecule has 1 saturated heterocycles. The second-order valence-electron chi connectivity index (χ2n) is 13.2. The summed E-state index contributed by atoms with van der Waals surface area (Å²) in [5.41, 5.74) is 3.92. The molecule has 6 nitrogen and oxygen atoms in total. The molecule has 42 heavy (non-hydrogen) atoms. The summed E-state index contributed by atoms with van der Waals surface area (Å²) in [6, 6.07) is 13.0. The second-order valence-corrected chi connectivity index (χ2v) is 13.6. The van der Waals surface area contributed by atoms with Crippen LogP contribution >= 0.6 is 11.6 Å². The molecule has 1 heterocycles. The lowest BCUT2D eigenvalue weighted by atomic mass is 9.76. The van der Waals surface area contributed by atoms with Crippen molar-refractivity contribution in [3.8, 4) is 11.5 Å². The zero-order chi connectivity index (χ0) is 29.1. The van der Waals surface area contributed by atoms with Gasteiger partial charge in [-0.05, 0) is 90.8 Å². The van der Waals surface area contributed by atoms with Crippen molar-refractivity contribution in [3.63, 3.8) is 0 Å². The Hall–Kier alpha value is -2.57. The van der Waals surface area contributed by atoms with Gasteiger partial charge in [0.1, 0.15) is 6.61 Å². The highest BCUT2D eigenvalue weighted by atomic mass is 35.5. The first-order valence-corrected chi connectivity index (χ1v) is 16.5. The molecule has 0 N–H and O–H groups in total. The van der Waals surface area contributed by atoms with Crippen LogP contribution in [0.3, 0.4) is 0 Å². The van der Waals surface area contributed by atoms with Gasteiger partial charge in [-0.25, -0.2) is 0 Å². The SMILES string of the molecule is COc1cc(CN(CC2CCCCC2)[C@H]2CCc3cc(Cl)ccc32)ccc1OCCN1C(=O)CC2(CCCC2)CC1=O. The Morgan fingerprint density at radius 2 is 1.69 bits per heavy atom. The Labute approximate surface area is 255 Å². The monoisotopic (exact) mass is 592 g/mol. The van der Waals surface area contributed by atoms with E-state index in [1.807, 2.05) is 12.1 Å². The third-order valence-corrected chi connectivity index (χ3v) is 10.5. The van der Waals surface area contributed by atoms with Crippen molar-refractivity contribution >= 4 is 23.4 Å². The molecule has 226 valence electrons. The van der Waals surface area contributed by atoms with Gasteiger partial charge in [0.2, 0.25) is 11.8 Å². The number of ether oxygens (including phenoxy) is 2. The second kappa shape index (κ2) is 13.0. The number of carbonyl (C=O) groups is 2. The number of nitrogens with zero attached hydrogens (tertiary/aromatic N) is 2. The largest absolute Gasteiger partial charge is 0.493 e. The van der Waals surface area contributed by atoms with E-state index in [0.717, 1.165) is 62.6 Å². The predicted molar refractivity (Wildman–Crippen MR) is 165 cm³/mol. The van der Waals surface area contributed by atoms with Crippen molar-refractivity contribution in [2.75, 3.05) is 26.8 Å². The van der Waals surface area contributed by atoms with Crippen LogP contribution in [-0.2, 0) is 22.6 Å². The zero-order valence-corrected chi connectivity index (χ0v) is 25.8. The van der Waals surface area contributed by atoms with Gasteiger partial charge < -0.3 is 9.47 Å². The van der Waals surface area contributed by atoms with E-state index in [1.54, 1.807) is 7.11 Å². The Morgan fingerprint density at radius 3 is 2.43 bits per heavy atom. The lowest BCUT2D eigenvalue weighted by Crippen LogP contribution is -2.48. The van der Waals surface area contributed by atoms with Crippen molar-refractivity contribution in [1.29, 1.82) is 0 Å². The minimum atomic E-state index is -0.0803. The number of imide groups is 1. The van der Waals surface area contributed by atoms with E-state index in [2.05, 4.69) is 29.2 Å². The van der Waals surface area contributed by atoms with Crippen molar-refractivity contribution in [1.82, 2.24) is 9.80 Å². The maximum absolute atomic E-state index is 12.8. The maximum atomic E-state index is 12.8. The van der Waals surface area contributed by atoms with Crippen LogP contribution in [0.5, 0.6) is 11.5 Å². The molecule has 2 saturated carbocycles. The standard InChI is InChI=1S/C35H45ClN2O4/c1-41-32-19-26(9-14-31(32)42-18-17-38-33(39)21-35(22-34(38)40)15-5-6-16-35)24-37(23-25-7-3-2-4-8-25)30-13-10-27-20-28(36)11-12-29(27)30/h9,11-12,14,19-20,25,30H,2-8,10,13,15-18,21-24H2,1H3/t30-/m0/s1. The van der Waals surface area contributed by atoms with Gasteiger partial charge in [-0.3, -0.25) is 19.4 Å². The zero-order valence-electron chi connectivity index (χ0n) is 25.0. The Kier molecular flexibility index (Phi) is 9.11. The quantitative estimate of drug-likeness (QED) is 0.267. The number of carbonyl (C=O) groups excluding carboxylic acids is 2. The summed E-state index contributed by atoms with van der Waals surface area (Å²) in [6.07, 6.45) is 14.1. The molecular formula is C35H45ClN2O4. The highest BCUT2D eigenvalue weighted by molar-refractivity contribution is 6.30. The van der Waals surface area contributed by atoms with Crippen LogP contribution in [0, 0.1) is 11.3 Å². The third kappa shape index (κ3) is 6.50. The molecule has 1 aliphatic heterocycles. The van der Waals surface area contributed by atoms with E-state index in [1.165, 1.54) is 53.7 Å². The fourth-order valence-electron chi connectivity index (χ4n) is 8.12. The number of hydrogen-bond acceptors (Lipinski definition) is 5. The van der Waals surface area contributed by atoms with Gasteiger partial charge in [-0.1, -0.05) is 55.8 Å². The highest BCUT2D eigenvalue weighted by Crippen LogP contribution is 2.47. The van der Waals surface area contributed by atoms with Crippen LogP contribution < -0.4 is 9.47 Å². The smallest absolute Gasteiger partial charge is 0.229 e. The molecular weight excluding hydrogens is 548 g/mol. The van der Waals surface area contributed by atoms with Crippen molar-refractivity contribution < 1.29 is 19.1 Å². The van der Waals surface area contributed by atoms with Gasteiger partial charge in [0.25, 0.3) is 0 Å². The molecule has 2 aromatic rings. The molecule has 0 aromatic heterocycles. The fraction of sp³-hybridized carbons (Fsp3) is 0.600. The first kappa shape index (κ1) is 29.5. The van der Waals surface area contributed by atoms with Gasteiger partial charge >= 0.3 is 0 Å². The van der Waals surface area contributed by atoms with Crippen molar-refractivity contribution in [2.45, 2.75) is 96.1 Å². The number of amides is 2. The average Bonchev–Trinajstić information content (AvgIpc) is 3.61. The van der Waals surface area contributed by atoms with Gasteiger partial charge in [0.05, 0.1) is 13.7 Å². The van der Waals surface area contributed by atoms with E-state index in [4.69, 9.17) is 21.1 Å². The van der Waals surface area contributed by atoms with Gasteiger partial charge in [0, 0.05) is 37.0 Å². The van der Waals surface area contributed by atoms with Crippen LogP contribution in [0.25, 0.3) is 0 Å². The molecule has 3 aliphatic carbocycles. The molecule has 0 bridgehead atoms. The Bertz CT molecular complexity index is 1260. The molecule has 1 spiro atoms. The van der Waals surface area contributed by atoms with Crippen LogP contribution in [0.4, 0.5) is 0 Å². The van der Waals surface area contributed by atoms with E-state index in [-0.39, 0.29) is 30.4 Å². The Morgan fingerprint density at radius 1 is 0.929 bits per heavy atom. The fourth-order valence-corrected chi connectivity index (χ4v) is 8.31.